The van der Waals surface area contributed by atoms with Gasteiger partial charge < -0.3 is 20.7 Å². The van der Waals surface area contributed by atoms with Crippen LogP contribution in [0.25, 0.3) is 0 Å². The van der Waals surface area contributed by atoms with Crippen LogP contribution in [0.5, 0.6) is 5.75 Å². The minimum Gasteiger partial charge on any atom is -0.492 e. The van der Waals surface area contributed by atoms with Gasteiger partial charge in [-0.25, -0.2) is 0 Å². The molecule has 0 spiro atoms. The first kappa shape index (κ1) is 16.3. The maximum absolute atomic E-state index is 11.6. The third-order valence-electron chi connectivity index (χ3n) is 3.26. The summed E-state index contributed by atoms with van der Waals surface area (Å²) in [6.07, 6.45) is 2.56. The van der Waals surface area contributed by atoms with Crippen molar-refractivity contribution in [3.05, 3.63) is 24.3 Å². The number of hydrogen-bond donors (Lipinski definition) is 3. The summed E-state index contributed by atoms with van der Waals surface area (Å²) in [5.41, 5.74) is 0.693. The second kappa shape index (κ2) is 8.38. The highest BCUT2D eigenvalue weighted by Crippen LogP contribution is 2.27. The van der Waals surface area contributed by atoms with Crippen molar-refractivity contribution < 1.29 is 14.3 Å². The SMILES string of the molecule is CC(=O)Nc1cccc(OCCNC(=O)CNCC2CC2)c1. The molecule has 2 rings (SSSR count). The Morgan fingerprint density at radius 1 is 1.32 bits per heavy atom. The first-order chi connectivity index (χ1) is 10.6. The average Bonchev–Trinajstić information content (AvgIpc) is 3.27. The molecule has 1 saturated carbocycles. The van der Waals surface area contributed by atoms with Crippen molar-refractivity contribution in [1.82, 2.24) is 10.6 Å². The zero-order valence-electron chi connectivity index (χ0n) is 12.9. The van der Waals surface area contributed by atoms with Gasteiger partial charge in [0.25, 0.3) is 0 Å². The summed E-state index contributed by atoms with van der Waals surface area (Å²) in [6, 6.07) is 7.16. The van der Waals surface area contributed by atoms with Crippen LogP contribution in [-0.2, 0) is 9.59 Å². The van der Waals surface area contributed by atoms with Gasteiger partial charge in [0.1, 0.15) is 12.4 Å². The molecule has 0 aliphatic heterocycles. The van der Waals surface area contributed by atoms with Gasteiger partial charge in [0.15, 0.2) is 0 Å². The van der Waals surface area contributed by atoms with Gasteiger partial charge >= 0.3 is 0 Å². The van der Waals surface area contributed by atoms with E-state index in [1.165, 1.54) is 19.8 Å². The molecule has 1 fully saturated rings. The van der Waals surface area contributed by atoms with E-state index in [1.54, 1.807) is 18.2 Å². The van der Waals surface area contributed by atoms with Crippen LogP contribution in [-0.4, -0.2) is 38.1 Å². The molecule has 120 valence electrons. The van der Waals surface area contributed by atoms with Gasteiger partial charge in [-0.2, -0.15) is 0 Å². The minimum atomic E-state index is -0.122. The molecule has 0 atom stereocenters. The fourth-order valence-electron chi connectivity index (χ4n) is 2.00. The van der Waals surface area contributed by atoms with Crippen molar-refractivity contribution in [3.63, 3.8) is 0 Å². The fourth-order valence-corrected chi connectivity index (χ4v) is 2.00. The summed E-state index contributed by atoms with van der Waals surface area (Å²) < 4.78 is 5.54. The highest BCUT2D eigenvalue weighted by Gasteiger charge is 2.20. The van der Waals surface area contributed by atoms with E-state index >= 15 is 0 Å². The Morgan fingerprint density at radius 3 is 2.86 bits per heavy atom. The van der Waals surface area contributed by atoms with E-state index in [9.17, 15) is 9.59 Å². The molecular formula is C16H23N3O3. The Balaban J connectivity index is 1.59. The fraction of sp³-hybridized carbons (Fsp3) is 0.500. The lowest BCUT2D eigenvalue weighted by Gasteiger charge is -2.09. The summed E-state index contributed by atoms with van der Waals surface area (Å²) in [4.78, 5) is 22.5. The van der Waals surface area contributed by atoms with Gasteiger partial charge in [0, 0.05) is 18.7 Å². The van der Waals surface area contributed by atoms with Crippen LogP contribution in [0.4, 0.5) is 5.69 Å². The van der Waals surface area contributed by atoms with Crippen LogP contribution < -0.4 is 20.7 Å². The molecule has 1 aliphatic carbocycles. The Hall–Kier alpha value is -2.08. The summed E-state index contributed by atoms with van der Waals surface area (Å²) in [5, 5.41) is 8.63. The number of nitrogens with one attached hydrogen (secondary N) is 3. The van der Waals surface area contributed by atoms with Crippen molar-refractivity contribution in [1.29, 1.82) is 0 Å². The van der Waals surface area contributed by atoms with Gasteiger partial charge in [0.05, 0.1) is 13.1 Å². The van der Waals surface area contributed by atoms with E-state index in [0.717, 1.165) is 12.5 Å². The number of rotatable bonds is 9. The Labute approximate surface area is 130 Å². The van der Waals surface area contributed by atoms with Crippen LogP contribution in [0.3, 0.4) is 0 Å². The van der Waals surface area contributed by atoms with Crippen molar-refractivity contribution in [2.24, 2.45) is 5.92 Å². The molecule has 6 nitrogen and oxygen atoms in total. The third kappa shape index (κ3) is 6.58. The van der Waals surface area contributed by atoms with Crippen molar-refractivity contribution in [2.75, 3.05) is 31.6 Å². The largest absolute Gasteiger partial charge is 0.492 e. The lowest BCUT2D eigenvalue weighted by molar-refractivity contribution is -0.120. The number of hydrogen-bond acceptors (Lipinski definition) is 4. The molecule has 1 aromatic carbocycles. The van der Waals surface area contributed by atoms with Crippen molar-refractivity contribution >= 4 is 17.5 Å². The number of ether oxygens (including phenoxy) is 1. The monoisotopic (exact) mass is 305 g/mol. The molecule has 0 bridgehead atoms. The Morgan fingerprint density at radius 2 is 2.14 bits per heavy atom. The van der Waals surface area contributed by atoms with E-state index in [-0.39, 0.29) is 11.8 Å². The number of carbonyl (C=O) groups is 2. The quantitative estimate of drug-likeness (QED) is 0.598. The van der Waals surface area contributed by atoms with E-state index in [1.807, 2.05) is 6.07 Å². The van der Waals surface area contributed by atoms with E-state index in [4.69, 9.17) is 4.74 Å². The summed E-state index contributed by atoms with van der Waals surface area (Å²) in [6.45, 7) is 3.58. The highest BCUT2D eigenvalue weighted by atomic mass is 16.5. The molecule has 3 N–H and O–H groups in total. The molecule has 1 aromatic rings. The zero-order valence-corrected chi connectivity index (χ0v) is 12.9. The molecule has 6 heteroatoms. The van der Waals surface area contributed by atoms with Crippen LogP contribution in [0, 0.1) is 5.92 Å². The standard InChI is InChI=1S/C16H23N3O3/c1-12(20)19-14-3-2-4-15(9-14)22-8-7-18-16(21)11-17-10-13-5-6-13/h2-4,9,13,17H,5-8,10-11H2,1H3,(H,18,21)(H,19,20). The summed E-state index contributed by atoms with van der Waals surface area (Å²) in [7, 11) is 0. The lowest BCUT2D eigenvalue weighted by Crippen LogP contribution is -2.36. The van der Waals surface area contributed by atoms with Gasteiger partial charge in [0.2, 0.25) is 11.8 Å². The Kier molecular flexibility index (Phi) is 6.21. The maximum atomic E-state index is 11.6. The zero-order chi connectivity index (χ0) is 15.8. The second-order valence-corrected chi connectivity index (χ2v) is 5.48. The average molecular weight is 305 g/mol. The van der Waals surface area contributed by atoms with E-state index in [2.05, 4.69) is 16.0 Å². The first-order valence-electron chi connectivity index (χ1n) is 7.61. The Bertz CT molecular complexity index is 515. The summed E-state index contributed by atoms with van der Waals surface area (Å²) >= 11 is 0. The smallest absolute Gasteiger partial charge is 0.234 e. The van der Waals surface area contributed by atoms with Gasteiger partial charge in [-0.1, -0.05) is 6.07 Å². The predicted molar refractivity (Wildman–Crippen MR) is 84.8 cm³/mol. The molecular weight excluding hydrogens is 282 g/mol. The molecule has 1 aliphatic rings. The van der Waals surface area contributed by atoms with Gasteiger partial charge in [-0.15, -0.1) is 0 Å². The topological polar surface area (TPSA) is 79.5 Å². The lowest BCUT2D eigenvalue weighted by atomic mass is 10.3. The van der Waals surface area contributed by atoms with Gasteiger partial charge in [-0.3, -0.25) is 9.59 Å². The summed E-state index contributed by atoms with van der Waals surface area (Å²) in [5.74, 6) is 1.29. The normalized spacial score (nSPS) is 13.5. The minimum absolute atomic E-state index is 0.0174. The number of carbonyl (C=O) groups excluding carboxylic acids is 2. The van der Waals surface area contributed by atoms with E-state index < -0.39 is 0 Å². The third-order valence-corrected chi connectivity index (χ3v) is 3.26. The molecule has 0 saturated heterocycles. The molecule has 0 unspecified atom stereocenters. The number of benzene rings is 1. The van der Waals surface area contributed by atoms with Gasteiger partial charge in [-0.05, 0) is 37.4 Å². The van der Waals surface area contributed by atoms with Crippen LogP contribution >= 0.6 is 0 Å². The predicted octanol–water partition coefficient (Wildman–Crippen LogP) is 1.14. The highest BCUT2D eigenvalue weighted by molar-refractivity contribution is 5.88. The van der Waals surface area contributed by atoms with Crippen LogP contribution in [0.15, 0.2) is 24.3 Å². The molecule has 2 amide bonds. The van der Waals surface area contributed by atoms with Crippen LogP contribution in [0.2, 0.25) is 0 Å². The first-order valence-corrected chi connectivity index (χ1v) is 7.61. The molecule has 0 aromatic heterocycles. The van der Waals surface area contributed by atoms with Crippen molar-refractivity contribution in [2.45, 2.75) is 19.8 Å². The molecule has 22 heavy (non-hydrogen) atoms. The molecule has 0 heterocycles. The number of anilines is 1. The van der Waals surface area contributed by atoms with E-state index in [0.29, 0.717) is 31.1 Å². The van der Waals surface area contributed by atoms with Crippen molar-refractivity contribution in [3.8, 4) is 5.75 Å². The van der Waals surface area contributed by atoms with Crippen LogP contribution in [0.1, 0.15) is 19.8 Å². The maximum Gasteiger partial charge on any atom is 0.234 e. The number of amides is 2. The molecule has 0 radical (unpaired) electrons. The second-order valence-electron chi connectivity index (χ2n) is 5.48.